The largest absolute Gasteiger partial charge is 0.497 e. The fraction of sp³-hybridized carbons (Fsp3) is 0.269. The molecule has 5 rings (SSSR count). The van der Waals surface area contributed by atoms with Gasteiger partial charge < -0.3 is 19.7 Å². The molecule has 0 aliphatic carbocycles. The monoisotopic (exact) mass is 490 g/mol. The van der Waals surface area contributed by atoms with Crippen LogP contribution in [-0.4, -0.2) is 42.8 Å². The molecule has 1 atom stereocenters. The van der Waals surface area contributed by atoms with Gasteiger partial charge in [0.25, 0.3) is 5.56 Å². The summed E-state index contributed by atoms with van der Waals surface area (Å²) in [4.78, 5) is 33.6. The Hall–Kier alpha value is -3.85. The van der Waals surface area contributed by atoms with Gasteiger partial charge in [0.15, 0.2) is 0 Å². The average molecular weight is 491 g/mol. The Morgan fingerprint density at radius 3 is 2.66 bits per heavy atom. The Balaban J connectivity index is 1.48. The van der Waals surface area contributed by atoms with Gasteiger partial charge in [0.1, 0.15) is 16.2 Å². The molecular formula is C26H26N4O4S. The number of carbonyl (C=O) groups excluding carboxylic acids is 1. The fourth-order valence-electron chi connectivity index (χ4n) is 4.41. The summed E-state index contributed by atoms with van der Waals surface area (Å²) in [6.07, 6.45) is 1.57. The van der Waals surface area contributed by atoms with Crippen molar-refractivity contribution in [3.63, 3.8) is 0 Å². The predicted octanol–water partition coefficient (Wildman–Crippen LogP) is 4.32. The molecule has 1 fully saturated rings. The Morgan fingerprint density at radius 1 is 1.09 bits per heavy atom. The van der Waals surface area contributed by atoms with Crippen molar-refractivity contribution >= 4 is 39.1 Å². The zero-order valence-electron chi connectivity index (χ0n) is 19.6. The number of fused-ring (bicyclic) bond motifs is 1. The van der Waals surface area contributed by atoms with Gasteiger partial charge in [-0.3, -0.25) is 9.59 Å². The van der Waals surface area contributed by atoms with E-state index in [0.29, 0.717) is 52.1 Å². The van der Waals surface area contributed by atoms with Gasteiger partial charge in [0.05, 0.1) is 31.3 Å². The lowest BCUT2D eigenvalue weighted by Gasteiger charge is -2.34. The number of piperidine rings is 1. The minimum Gasteiger partial charge on any atom is -0.497 e. The number of ether oxygens (including phenoxy) is 2. The van der Waals surface area contributed by atoms with E-state index in [-0.39, 0.29) is 17.4 Å². The van der Waals surface area contributed by atoms with Crippen LogP contribution in [0.1, 0.15) is 12.8 Å². The molecule has 0 saturated carbocycles. The van der Waals surface area contributed by atoms with Crippen molar-refractivity contribution in [2.75, 3.05) is 37.5 Å². The number of nitrogens with zero attached hydrogens (tertiary/aromatic N) is 3. The summed E-state index contributed by atoms with van der Waals surface area (Å²) in [6.45, 7) is 1.16. The van der Waals surface area contributed by atoms with Crippen molar-refractivity contribution in [1.29, 1.82) is 0 Å². The Labute approximate surface area is 206 Å². The number of thiophene rings is 1. The molecule has 1 N–H and O–H groups in total. The molecule has 1 aliphatic rings. The van der Waals surface area contributed by atoms with E-state index in [4.69, 9.17) is 14.5 Å². The van der Waals surface area contributed by atoms with Crippen LogP contribution in [0.15, 0.2) is 64.8 Å². The predicted molar refractivity (Wildman–Crippen MR) is 138 cm³/mol. The number of carbonyl (C=O) groups is 1. The highest BCUT2D eigenvalue weighted by atomic mass is 32.1. The van der Waals surface area contributed by atoms with Crippen molar-refractivity contribution in [3.8, 4) is 17.2 Å². The molecule has 0 radical (unpaired) electrons. The third-order valence-corrected chi connectivity index (χ3v) is 7.08. The van der Waals surface area contributed by atoms with E-state index >= 15 is 0 Å². The lowest BCUT2D eigenvalue weighted by Crippen LogP contribution is -2.43. The average Bonchev–Trinajstić information content (AvgIpc) is 3.38. The number of hydrogen-bond acceptors (Lipinski definition) is 7. The minimum absolute atomic E-state index is 0.0603. The lowest BCUT2D eigenvalue weighted by atomic mass is 9.97. The van der Waals surface area contributed by atoms with E-state index in [0.717, 1.165) is 12.8 Å². The first kappa shape index (κ1) is 22.9. The molecule has 1 amide bonds. The maximum Gasteiger partial charge on any atom is 0.277 e. The molecule has 4 aromatic rings. The smallest absolute Gasteiger partial charge is 0.277 e. The van der Waals surface area contributed by atoms with Crippen molar-refractivity contribution in [2.24, 2.45) is 5.92 Å². The van der Waals surface area contributed by atoms with E-state index in [2.05, 4.69) is 5.32 Å². The summed E-state index contributed by atoms with van der Waals surface area (Å²) in [5, 5.41) is 4.88. The van der Waals surface area contributed by atoms with Crippen LogP contribution in [0.5, 0.6) is 11.5 Å². The molecule has 35 heavy (non-hydrogen) atoms. The third kappa shape index (κ3) is 4.59. The maximum atomic E-state index is 13.5. The minimum atomic E-state index is -0.246. The van der Waals surface area contributed by atoms with Crippen molar-refractivity contribution in [1.82, 2.24) is 9.55 Å². The molecule has 1 saturated heterocycles. The Kier molecular flexibility index (Phi) is 6.41. The topological polar surface area (TPSA) is 85.7 Å². The van der Waals surface area contributed by atoms with Crippen LogP contribution in [-0.2, 0) is 4.79 Å². The number of anilines is 2. The van der Waals surface area contributed by atoms with Gasteiger partial charge >= 0.3 is 0 Å². The number of methoxy groups -OCH3 is 2. The number of nitrogens with one attached hydrogen (secondary N) is 1. The Bertz CT molecular complexity index is 1430. The Morgan fingerprint density at radius 2 is 1.86 bits per heavy atom. The van der Waals surface area contributed by atoms with Gasteiger partial charge in [-0.25, -0.2) is 9.55 Å². The normalized spacial score (nSPS) is 15.7. The van der Waals surface area contributed by atoms with Crippen molar-refractivity contribution in [2.45, 2.75) is 12.8 Å². The molecule has 0 spiro atoms. The van der Waals surface area contributed by atoms with Gasteiger partial charge in [0, 0.05) is 30.9 Å². The number of amides is 1. The molecule has 3 heterocycles. The molecule has 180 valence electrons. The molecule has 0 bridgehead atoms. The zero-order valence-corrected chi connectivity index (χ0v) is 20.4. The van der Waals surface area contributed by atoms with E-state index in [1.807, 2.05) is 58.8 Å². The van der Waals surface area contributed by atoms with E-state index in [1.54, 1.807) is 24.9 Å². The molecular weight excluding hydrogens is 464 g/mol. The number of rotatable bonds is 6. The van der Waals surface area contributed by atoms with Crippen LogP contribution in [0.4, 0.5) is 11.6 Å². The van der Waals surface area contributed by atoms with Crippen LogP contribution in [0.25, 0.3) is 15.9 Å². The van der Waals surface area contributed by atoms with Gasteiger partial charge in [-0.05, 0) is 48.6 Å². The zero-order chi connectivity index (χ0) is 24.4. The van der Waals surface area contributed by atoms with E-state index in [1.165, 1.54) is 11.3 Å². The summed E-state index contributed by atoms with van der Waals surface area (Å²) < 4.78 is 12.9. The van der Waals surface area contributed by atoms with Crippen LogP contribution in [0.2, 0.25) is 0 Å². The lowest BCUT2D eigenvalue weighted by molar-refractivity contribution is -0.120. The van der Waals surface area contributed by atoms with Crippen LogP contribution >= 0.6 is 11.3 Å². The quantitative estimate of drug-likeness (QED) is 0.433. The van der Waals surface area contributed by atoms with Gasteiger partial charge in [0.2, 0.25) is 11.9 Å². The van der Waals surface area contributed by atoms with Crippen LogP contribution in [0.3, 0.4) is 0 Å². The molecule has 2 aromatic carbocycles. The van der Waals surface area contributed by atoms with E-state index in [9.17, 15) is 9.59 Å². The highest BCUT2D eigenvalue weighted by Crippen LogP contribution is 2.28. The molecule has 2 aromatic heterocycles. The second-order valence-corrected chi connectivity index (χ2v) is 9.31. The molecule has 1 aliphatic heterocycles. The summed E-state index contributed by atoms with van der Waals surface area (Å²) >= 11 is 1.38. The van der Waals surface area contributed by atoms with Crippen LogP contribution < -0.4 is 25.2 Å². The highest BCUT2D eigenvalue weighted by molar-refractivity contribution is 7.17. The van der Waals surface area contributed by atoms with Gasteiger partial charge in [-0.1, -0.05) is 12.1 Å². The summed E-state index contributed by atoms with van der Waals surface area (Å²) in [5.41, 5.74) is 1.90. The molecule has 1 unspecified atom stereocenters. The highest BCUT2D eigenvalue weighted by Gasteiger charge is 2.29. The second-order valence-electron chi connectivity index (χ2n) is 8.40. The summed E-state index contributed by atoms with van der Waals surface area (Å²) in [6, 6.07) is 16.6. The fourth-order valence-corrected chi connectivity index (χ4v) is 5.17. The maximum absolute atomic E-state index is 13.5. The van der Waals surface area contributed by atoms with Crippen molar-refractivity contribution in [3.05, 3.63) is 70.3 Å². The van der Waals surface area contributed by atoms with Gasteiger partial charge in [-0.15, -0.1) is 11.3 Å². The first-order valence-electron chi connectivity index (χ1n) is 11.4. The standard InChI is InChI=1S/C26H26N4O4S/c1-33-20-9-3-7-18(14-20)27-24(31)17-6-5-12-29(16-17)26-28-22-11-13-35-23(22)25(32)30(26)19-8-4-10-21(15-19)34-2/h3-4,7-11,13-15,17H,5-6,12,16H2,1-2H3,(H,27,31). The first-order valence-corrected chi connectivity index (χ1v) is 12.3. The molecule has 9 heteroatoms. The second kappa shape index (κ2) is 9.79. The van der Waals surface area contributed by atoms with Crippen molar-refractivity contribution < 1.29 is 14.3 Å². The summed E-state index contributed by atoms with van der Waals surface area (Å²) in [5.74, 6) is 1.57. The number of benzene rings is 2. The van der Waals surface area contributed by atoms with Crippen LogP contribution in [0, 0.1) is 5.92 Å². The third-order valence-electron chi connectivity index (χ3n) is 6.19. The van der Waals surface area contributed by atoms with Gasteiger partial charge in [-0.2, -0.15) is 0 Å². The SMILES string of the molecule is COc1cccc(NC(=O)C2CCCN(c3nc4ccsc4c(=O)n3-c3cccc(OC)c3)C2)c1. The van der Waals surface area contributed by atoms with E-state index < -0.39 is 0 Å². The number of hydrogen-bond donors (Lipinski definition) is 1. The first-order chi connectivity index (χ1) is 17.1. The number of aromatic nitrogens is 2. The molecule has 8 nitrogen and oxygen atoms in total. The summed E-state index contributed by atoms with van der Waals surface area (Å²) in [7, 11) is 3.19.